The Hall–Kier alpha value is -0.540. The molecule has 1 N–H and O–H groups in total. The Labute approximate surface area is 131 Å². The van der Waals surface area contributed by atoms with Gasteiger partial charge in [0, 0.05) is 28.3 Å². The molecule has 3 rings (SSSR count). The van der Waals surface area contributed by atoms with E-state index >= 15 is 0 Å². The summed E-state index contributed by atoms with van der Waals surface area (Å²) in [7, 11) is 0. The van der Waals surface area contributed by atoms with Gasteiger partial charge in [-0.25, -0.2) is 0 Å². The first-order chi connectivity index (χ1) is 9.70. The molecular formula is C17H25BrN2. The van der Waals surface area contributed by atoms with Gasteiger partial charge in [-0.15, -0.1) is 0 Å². The van der Waals surface area contributed by atoms with Crippen LogP contribution in [0.15, 0.2) is 22.7 Å². The minimum absolute atomic E-state index is 0.721. The number of anilines is 1. The van der Waals surface area contributed by atoms with Crippen molar-refractivity contribution in [2.45, 2.75) is 64.1 Å². The zero-order valence-electron chi connectivity index (χ0n) is 12.5. The first-order valence-corrected chi connectivity index (χ1v) is 8.76. The molecule has 0 saturated carbocycles. The van der Waals surface area contributed by atoms with Crippen molar-refractivity contribution >= 4 is 21.6 Å². The van der Waals surface area contributed by atoms with Gasteiger partial charge in [0.15, 0.2) is 0 Å². The Kier molecular flexibility index (Phi) is 4.37. The van der Waals surface area contributed by atoms with Crippen LogP contribution in [-0.4, -0.2) is 24.7 Å². The zero-order chi connectivity index (χ0) is 14.1. The third-order valence-electron chi connectivity index (χ3n) is 4.98. The molecule has 2 unspecified atom stereocenters. The number of fused-ring (bicyclic) bond motifs is 2. The molecule has 2 atom stereocenters. The van der Waals surface area contributed by atoms with E-state index in [9.17, 15) is 0 Å². The van der Waals surface area contributed by atoms with Crippen molar-refractivity contribution in [1.82, 2.24) is 5.32 Å². The van der Waals surface area contributed by atoms with Gasteiger partial charge in [0.25, 0.3) is 0 Å². The maximum atomic E-state index is 3.69. The van der Waals surface area contributed by atoms with Crippen molar-refractivity contribution < 1.29 is 0 Å². The molecule has 0 spiro atoms. The van der Waals surface area contributed by atoms with Crippen LogP contribution < -0.4 is 10.2 Å². The quantitative estimate of drug-likeness (QED) is 0.887. The van der Waals surface area contributed by atoms with Crippen LogP contribution in [0.25, 0.3) is 0 Å². The van der Waals surface area contributed by atoms with Crippen molar-refractivity contribution in [3.63, 3.8) is 0 Å². The first-order valence-electron chi connectivity index (χ1n) is 7.97. The van der Waals surface area contributed by atoms with E-state index in [1.807, 2.05) is 0 Å². The highest BCUT2D eigenvalue weighted by atomic mass is 79.9. The van der Waals surface area contributed by atoms with Crippen LogP contribution in [0.4, 0.5) is 5.69 Å². The summed E-state index contributed by atoms with van der Waals surface area (Å²) in [6.07, 6.45) is 6.71. The van der Waals surface area contributed by atoms with Crippen molar-refractivity contribution in [2.75, 3.05) is 11.4 Å². The number of nitrogens with zero attached hydrogens (tertiary/aromatic N) is 1. The van der Waals surface area contributed by atoms with Gasteiger partial charge in [-0.1, -0.05) is 28.9 Å². The summed E-state index contributed by atoms with van der Waals surface area (Å²) in [6.45, 7) is 5.56. The smallest absolute Gasteiger partial charge is 0.0412 e. The molecule has 2 saturated heterocycles. The highest BCUT2D eigenvalue weighted by Gasteiger charge is 2.38. The summed E-state index contributed by atoms with van der Waals surface area (Å²) in [5, 5.41) is 3.68. The van der Waals surface area contributed by atoms with Gasteiger partial charge in [0.05, 0.1) is 0 Å². The predicted octanol–water partition coefficient (Wildman–Crippen LogP) is 4.26. The molecule has 2 nitrogen and oxygen atoms in total. The van der Waals surface area contributed by atoms with Crippen LogP contribution in [0.1, 0.15) is 44.6 Å². The Morgan fingerprint density at radius 1 is 1.25 bits per heavy atom. The number of nitrogens with one attached hydrogen (secondary N) is 1. The lowest BCUT2D eigenvalue weighted by molar-refractivity contribution is 0.247. The van der Waals surface area contributed by atoms with E-state index in [0.717, 1.165) is 24.7 Å². The molecule has 1 aromatic carbocycles. The number of halogens is 1. The van der Waals surface area contributed by atoms with E-state index in [2.05, 4.69) is 58.2 Å². The van der Waals surface area contributed by atoms with Crippen LogP contribution >= 0.6 is 15.9 Å². The summed E-state index contributed by atoms with van der Waals surface area (Å²) in [5.74, 6) is 0. The van der Waals surface area contributed by atoms with Crippen LogP contribution in [-0.2, 0) is 0 Å². The number of rotatable bonds is 3. The fourth-order valence-electron chi connectivity index (χ4n) is 4.11. The van der Waals surface area contributed by atoms with E-state index in [4.69, 9.17) is 0 Å². The molecule has 2 heterocycles. The lowest BCUT2D eigenvalue weighted by Gasteiger charge is -2.51. The van der Waals surface area contributed by atoms with E-state index in [1.54, 1.807) is 0 Å². The molecule has 2 aliphatic heterocycles. The van der Waals surface area contributed by atoms with Crippen molar-refractivity contribution in [3.05, 3.63) is 28.2 Å². The summed E-state index contributed by atoms with van der Waals surface area (Å²) < 4.78 is 1.24. The molecule has 0 aromatic heterocycles. The van der Waals surface area contributed by atoms with E-state index in [1.165, 1.54) is 47.8 Å². The second-order valence-corrected chi connectivity index (χ2v) is 7.11. The SMILES string of the molecule is CCNC1CC2CCCC(C1)N2c1cccc(Br)c1C. The van der Waals surface area contributed by atoms with Crippen molar-refractivity contribution in [2.24, 2.45) is 0 Å². The number of piperidine rings is 2. The number of hydrogen-bond acceptors (Lipinski definition) is 2. The Morgan fingerprint density at radius 3 is 2.60 bits per heavy atom. The average Bonchev–Trinajstić information content (AvgIpc) is 2.42. The fraction of sp³-hybridized carbons (Fsp3) is 0.647. The van der Waals surface area contributed by atoms with Gasteiger partial charge >= 0.3 is 0 Å². The maximum absolute atomic E-state index is 3.69. The largest absolute Gasteiger partial charge is 0.365 e. The van der Waals surface area contributed by atoms with Gasteiger partial charge in [0.2, 0.25) is 0 Å². The van der Waals surface area contributed by atoms with Crippen molar-refractivity contribution in [1.29, 1.82) is 0 Å². The topological polar surface area (TPSA) is 15.3 Å². The van der Waals surface area contributed by atoms with Crippen LogP contribution in [0.2, 0.25) is 0 Å². The van der Waals surface area contributed by atoms with E-state index < -0.39 is 0 Å². The minimum Gasteiger partial charge on any atom is -0.365 e. The average molecular weight is 337 g/mol. The molecule has 1 aromatic rings. The third-order valence-corrected chi connectivity index (χ3v) is 5.84. The van der Waals surface area contributed by atoms with E-state index in [-0.39, 0.29) is 0 Å². The molecule has 0 radical (unpaired) electrons. The normalized spacial score (nSPS) is 29.6. The number of benzene rings is 1. The summed E-state index contributed by atoms with van der Waals surface area (Å²) in [6, 6.07) is 8.80. The predicted molar refractivity (Wildman–Crippen MR) is 89.5 cm³/mol. The standard InChI is InChI=1S/C17H25BrN2/c1-3-19-13-10-14-6-4-7-15(11-13)20(14)17-9-5-8-16(18)12(17)2/h5,8-9,13-15,19H,3-4,6-7,10-11H2,1-2H3. The highest BCUT2D eigenvalue weighted by molar-refractivity contribution is 9.10. The molecule has 2 bridgehead atoms. The molecule has 2 aliphatic rings. The maximum Gasteiger partial charge on any atom is 0.0412 e. The van der Waals surface area contributed by atoms with Crippen LogP contribution in [0.5, 0.6) is 0 Å². The summed E-state index contributed by atoms with van der Waals surface area (Å²) >= 11 is 3.69. The van der Waals surface area contributed by atoms with Crippen LogP contribution in [0.3, 0.4) is 0 Å². The Balaban J connectivity index is 1.88. The highest BCUT2D eigenvalue weighted by Crippen LogP contribution is 2.40. The van der Waals surface area contributed by atoms with Gasteiger partial charge in [-0.2, -0.15) is 0 Å². The van der Waals surface area contributed by atoms with Gasteiger partial charge < -0.3 is 10.2 Å². The van der Waals surface area contributed by atoms with Gasteiger partial charge in [-0.05, 0) is 63.3 Å². The lowest BCUT2D eigenvalue weighted by atomic mass is 9.81. The summed E-state index contributed by atoms with van der Waals surface area (Å²) in [5.41, 5.74) is 2.84. The second kappa shape index (κ2) is 6.07. The Morgan fingerprint density at radius 2 is 1.95 bits per heavy atom. The van der Waals surface area contributed by atoms with Gasteiger partial charge in [0.1, 0.15) is 0 Å². The molecular weight excluding hydrogens is 312 g/mol. The minimum atomic E-state index is 0.721. The number of hydrogen-bond donors (Lipinski definition) is 1. The lowest BCUT2D eigenvalue weighted by Crippen LogP contribution is -2.56. The molecule has 0 aliphatic carbocycles. The van der Waals surface area contributed by atoms with Gasteiger partial charge in [-0.3, -0.25) is 0 Å². The Bertz CT molecular complexity index is 460. The molecule has 110 valence electrons. The first kappa shape index (κ1) is 14.4. The third kappa shape index (κ3) is 2.62. The molecule has 20 heavy (non-hydrogen) atoms. The van der Waals surface area contributed by atoms with Crippen molar-refractivity contribution in [3.8, 4) is 0 Å². The summed E-state index contributed by atoms with van der Waals surface area (Å²) in [4.78, 5) is 2.73. The second-order valence-electron chi connectivity index (χ2n) is 6.26. The van der Waals surface area contributed by atoms with Crippen LogP contribution in [0, 0.1) is 6.92 Å². The zero-order valence-corrected chi connectivity index (χ0v) is 14.1. The monoisotopic (exact) mass is 336 g/mol. The molecule has 0 amide bonds. The van der Waals surface area contributed by atoms with E-state index in [0.29, 0.717) is 0 Å². The molecule has 2 fully saturated rings. The molecule has 3 heteroatoms. The fourth-order valence-corrected chi connectivity index (χ4v) is 4.46.